The summed E-state index contributed by atoms with van der Waals surface area (Å²) in [5.41, 5.74) is 1.98. The Kier molecular flexibility index (Phi) is 6.13. The van der Waals surface area contributed by atoms with Crippen molar-refractivity contribution in [2.45, 2.75) is 30.5 Å². The second-order valence-electron chi connectivity index (χ2n) is 6.03. The summed E-state index contributed by atoms with van der Waals surface area (Å²) >= 11 is 1.51. The molecule has 0 unspecified atom stereocenters. The van der Waals surface area contributed by atoms with Gasteiger partial charge in [-0.25, -0.2) is 0 Å². The number of ether oxygens (including phenoxy) is 1. The molecule has 1 N–H and O–H groups in total. The maximum absolute atomic E-state index is 12.3. The van der Waals surface area contributed by atoms with Crippen LogP contribution in [0.2, 0.25) is 0 Å². The Hall–Kier alpha value is -2.80. The number of rotatable bonds is 7. The number of carbonyl (C=O) groups excluding carboxylic acids is 1. The van der Waals surface area contributed by atoms with Crippen molar-refractivity contribution in [1.29, 1.82) is 0 Å². The lowest BCUT2D eigenvalue weighted by Gasteiger charge is -2.10. The molecule has 0 bridgehead atoms. The van der Waals surface area contributed by atoms with Gasteiger partial charge < -0.3 is 14.6 Å². The predicted octanol–water partition coefficient (Wildman–Crippen LogP) is 3.85. The predicted molar refractivity (Wildman–Crippen MR) is 105 cm³/mol. The van der Waals surface area contributed by atoms with Crippen molar-refractivity contribution in [3.63, 3.8) is 0 Å². The van der Waals surface area contributed by atoms with E-state index >= 15 is 0 Å². The molecule has 0 aliphatic heterocycles. The van der Waals surface area contributed by atoms with Gasteiger partial charge in [-0.15, -0.1) is 11.8 Å². The molecule has 0 radical (unpaired) electrons. The van der Waals surface area contributed by atoms with Crippen molar-refractivity contribution in [1.82, 2.24) is 15.5 Å². The molecular weight excluding hydrogens is 362 g/mol. The SMILES string of the molecule is COc1cccc(-c2noc(CNC(=O)[C@H](C)Sc3ccc(C)cc3)n2)c1. The number of methoxy groups -OCH3 is 1. The molecule has 0 spiro atoms. The molecule has 1 amide bonds. The van der Waals surface area contributed by atoms with Crippen LogP contribution in [0.3, 0.4) is 0 Å². The van der Waals surface area contributed by atoms with Crippen molar-refractivity contribution in [2.75, 3.05) is 7.11 Å². The highest BCUT2D eigenvalue weighted by molar-refractivity contribution is 8.00. The second-order valence-corrected chi connectivity index (χ2v) is 7.45. The van der Waals surface area contributed by atoms with Crippen molar-refractivity contribution >= 4 is 17.7 Å². The van der Waals surface area contributed by atoms with Crippen LogP contribution < -0.4 is 10.1 Å². The minimum absolute atomic E-state index is 0.0818. The molecule has 1 heterocycles. The van der Waals surface area contributed by atoms with E-state index < -0.39 is 0 Å². The maximum atomic E-state index is 12.3. The van der Waals surface area contributed by atoms with Gasteiger partial charge in [0.1, 0.15) is 5.75 Å². The monoisotopic (exact) mass is 383 g/mol. The molecule has 7 heteroatoms. The summed E-state index contributed by atoms with van der Waals surface area (Å²) in [5.74, 6) is 1.45. The van der Waals surface area contributed by atoms with Crippen LogP contribution in [0.25, 0.3) is 11.4 Å². The van der Waals surface area contributed by atoms with Crippen molar-refractivity contribution < 1.29 is 14.1 Å². The molecule has 0 aliphatic rings. The first kappa shape index (κ1) is 19.0. The Balaban J connectivity index is 1.55. The first-order chi connectivity index (χ1) is 13.0. The van der Waals surface area contributed by atoms with Gasteiger partial charge in [0.25, 0.3) is 0 Å². The average Bonchev–Trinajstić information content (AvgIpc) is 3.17. The van der Waals surface area contributed by atoms with E-state index in [9.17, 15) is 4.79 Å². The van der Waals surface area contributed by atoms with Crippen molar-refractivity contribution in [2.24, 2.45) is 0 Å². The van der Waals surface area contributed by atoms with Crippen LogP contribution in [-0.4, -0.2) is 28.4 Å². The highest BCUT2D eigenvalue weighted by atomic mass is 32.2. The molecule has 0 aliphatic carbocycles. The molecule has 140 valence electrons. The fourth-order valence-corrected chi connectivity index (χ4v) is 3.28. The number of benzene rings is 2. The molecule has 0 saturated carbocycles. The van der Waals surface area contributed by atoms with Gasteiger partial charge in [0.15, 0.2) is 0 Å². The third-order valence-electron chi connectivity index (χ3n) is 3.91. The van der Waals surface area contributed by atoms with Crippen molar-refractivity contribution in [3.8, 4) is 17.1 Å². The molecule has 0 fully saturated rings. The summed E-state index contributed by atoms with van der Waals surface area (Å²) in [7, 11) is 1.60. The molecule has 6 nitrogen and oxygen atoms in total. The fourth-order valence-electron chi connectivity index (χ4n) is 2.39. The standard InChI is InChI=1S/C20H21N3O3S/c1-13-7-9-17(10-8-13)27-14(2)20(24)21-12-18-22-19(23-26-18)15-5-4-6-16(11-15)25-3/h4-11,14H,12H2,1-3H3,(H,21,24)/t14-/m0/s1. The molecule has 3 rings (SSSR count). The topological polar surface area (TPSA) is 77.3 Å². The van der Waals surface area contributed by atoms with Gasteiger partial charge in [-0.1, -0.05) is 35.0 Å². The zero-order valence-corrected chi connectivity index (χ0v) is 16.2. The lowest BCUT2D eigenvalue weighted by Crippen LogP contribution is -2.30. The van der Waals surface area contributed by atoms with Crippen LogP contribution in [0.4, 0.5) is 0 Å². The zero-order chi connectivity index (χ0) is 19.2. The van der Waals surface area contributed by atoms with Crippen LogP contribution >= 0.6 is 11.8 Å². The Labute approximate surface area is 162 Å². The van der Waals surface area contributed by atoms with Gasteiger partial charge in [-0.2, -0.15) is 4.98 Å². The van der Waals surface area contributed by atoms with Crippen LogP contribution in [0.15, 0.2) is 57.9 Å². The van der Waals surface area contributed by atoms with Crippen LogP contribution in [0, 0.1) is 6.92 Å². The molecule has 3 aromatic rings. The van der Waals surface area contributed by atoms with Gasteiger partial charge in [0.2, 0.25) is 17.6 Å². The first-order valence-corrected chi connectivity index (χ1v) is 9.41. The molecular formula is C20H21N3O3S. The molecule has 27 heavy (non-hydrogen) atoms. The smallest absolute Gasteiger partial charge is 0.246 e. The normalized spacial score (nSPS) is 11.8. The third-order valence-corrected chi connectivity index (χ3v) is 5.02. The van der Waals surface area contributed by atoms with E-state index in [0.29, 0.717) is 17.5 Å². The molecule has 0 saturated heterocycles. The Morgan fingerprint density at radius 3 is 2.78 bits per heavy atom. The van der Waals surface area contributed by atoms with E-state index in [1.807, 2.05) is 62.4 Å². The highest BCUT2D eigenvalue weighted by Crippen LogP contribution is 2.24. The number of thioether (sulfide) groups is 1. The van der Waals surface area contributed by atoms with Gasteiger partial charge in [0, 0.05) is 10.5 Å². The van der Waals surface area contributed by atoms with Gasteiger partial charge >= 0.3 is 0 Å². The van der Waals surface area contributed by atoms with Crippen LogP contribution in [0.1, 0.15) is 18.4 Å². The minimum Gasteiger partial charge on any atom is -0.497 e. The highest BCUT2D eigenvalue weighted by Gasteiger charge is 2.16. The van der Waals surface area contributed by atoms with E-state index in [0.717, 1.165) is 10.5 Å². The van der Waals surface area contributed by atoms with Gasteiger partial charge in [-0.05, 0) is 38.1 Å². The first-order valence-electron chi connectivity index (χ1n) is 8.53. The summed E-state index contributed by atoms with van der Waals surface area (Å²) in [6, 6.07) is 15.5. The Bertz CT molecular complexity index is 909. The molecule has 1 atom stereocenters. The number of aryl methyl sites for hydroxylation is 1. The number of carbonyl (C=O) groups is 1. The van der Waals surface area contributed by atoms with E-state index in [1.165, 1.54) is 17.3 Å². The average molecular weight is 383 g/mol. The fraction of sp³-hybridized carbons (Fsp3) is 0.250. The Morgan fingerprint density at radius 1 is 1.26 bits per heavy atom. The zero-order valence-electron chi connectivity index (χ0n) is 15.4. The van der Waals surface area contributed by atoms with E-state index in [1.54, 1.807) is 7.11 Å². The number of nitrogens with zero attached hydrogens (tertiary/aromatic N) is 2. The second kappa shape index (κ2) is 8.73. The van der Waals surface area contributed by atoms with Crippen LogP contribution in [0.5, 0.6) is 5.75 Å². The molecule has 2 aromatic carbocycles. The summed E-state index contributed by atoms with van der Waals surface area (Å²) in [6.45, 7) is 4.10. The minimum atomic E-state index is -0.228. The summed E-state index contributed by atoms with van der Waals surface area (Å²) in [6.07, 6.45) is 0. The quantitative estimate of drug-likeness (QED) is 0.625. The van der Waals surface area contributed by atoms with E-state index in [2.05, 4.69) is 15.5 Å². The summed E-state index contributed by atoms with van der Waals surface area (Å²) in [4.78, 5) is 17.7. The number of amides is 1. The lowest BCUT2D eigenvalue weighted by molar-refractivity contribution is -0.120. The lowest BCUT2D eigenvalue weighted by atomic mass is 10.2. The number of aromatic nitrogens is 2. The van der Waals surface area contributed by atoms with E-state index in [4.69, 9.17) is 9.26 Å². The van der Waals surface area contributed by atoms with Crippen LogP contribution in [-0.2, 0) is 11.3 Å². The summed E-state index contributed by atoms with van der Waals surface area (Å²) < 4.78 is 10.4. The van der Waals surface area contributed by atoms with Crippen molar-refractivity contribution in [3.05, 3.63) is 60.0 Å². The number of nitrogens with one attached hydrogen (secondary N) is 1. The van der Waals surface area contributed by atoms with Gasteiger partial charge in [-0.3, -0.25) is 4.79 Å². The largest absolute Gasteiger partial charge is 0.497 e. The number of hydrogen-bond acceptors (Lipinski definition) is 6. The summed E-state index contributed by atoms with van der Waals surface area (Å²) in [5, 5.41) is 6.57. The number of hydrogen-bond donors (Lipinski definition) is 1. The molecule has 1 aromatic heterocycles. The maximum Gasteiger partial charge on any atom is 0.246 e. The third kappa shape index (κ3) is 5.10. The van der Waals surface area contributed by atoms with Gasteiger partial charge in [0.05, 0.1) is 18.9 Å². The van der Waals surface area contributed by atoms with E-state index in [-0.39, 0.29) is 17.7 Å². The Morgan fingerprint density at radius 2 is 2.04 bits per heavy atom.